The van der Waals surface area contributed by atoms with Gasteiger partial charge in [0.1, 0.15) is 5.92 Å². The summed E-state index contributed by atoms with van der Waals surface area (Å²) in [7, 11) is 0. The zero-order chi connectivity index (χ0) is 9.19. The molecular weight excluding hydrogens is 156 g/mol. The molecule has 0 aromatic rings. The third kappa shape index (κ3) is 1.41. The van der Waals surface area contributed by atoms with Crippen LogP contribution in [0.3, 0.4) is 0 Å². The van der Waals surface area contributed by atoms with Crippen molar-refractivity contribution in [3.63, 3.8) is 0 Å². The smallest absolute Gasteiger partial charge is 0.313 e. The van der Waals surface area contributed by atoms with E-state index in [9.17, 15) is 9.90 Å². The van der Waals surface area contributed by atoms with E-state index in [1.807, 2.05) is 0 Å². The van der Waals surface area contributed by atoms with E-state index < -0.39 is 17.5 Å². The number of rotatable bonds is 2. The molecule has 0 bridgehead atoms. The van der Waals surface area contributed by atoms with Gasteiger partial charge in [0, 0.05) is 0 Å². The van der Waals surface area contributed by atoms with Gasteiger partial charge in [-0.15, -0.1) is 0 Å². The van der Waals surface area contributed by atoms with Gasteiger partial charge in [0.05, 0.1) is 5.60 Å². The van der Waals surface area contributed by atoms with Crippen LogP contribution in [0.25, 0.3) is 0 Å². The Kier molecular flexibility index (Phi) is 2.33. The molecule has 1 aliphatic carbocycles. The third-order valence-electron chi connectivity index (χ3n) is 2.17. The molecule has 0 fully saturated rings. The number of hydrogen-bond acceptors (Lipinski definition) is 2. The molecule has 66 valence electrons. The quantitative estimate of drug-likeness (QED) is 0.645. The molecule has 2 atom stereocenters. The Bertz CT molecular complexity index is 242. The number of carbonyl (C=O) groups is 1. The molecule has 12 heavy (non-hydrogen) atoms. The Hall–Kier alpha value is -1.09. The van der Waals surface area contributed by atoms with Crippen LogP contribution in [-0.4, -0.2) is 21.8 Å². The molecule has 0 aromatic heterocycles. The van der Waals surface area contributed by atoms with E-state index in [1.54, 1.807) is 19.1 Å². The Morgan fingerprint density at radius 2 is 2.25 bits per heavy atom. The first-order valence-electron chi connectivity index (χ1n) is 3.91. The van der Waals surface area contributed by atoms with Crippen LogP contribution in [0, 0.1) is 5.92 Å². The highest BCUT2D eigenvalue weighted by Crippen LogP contribution is 2.27. The summed E-state index contributed by atoms with van der Waals surface area (Å²) in [5.74, 6) is -1.80. The molecule has 2 N–H and O–H groups in total. The second kappa shape index (κ2) is 3.11. The van der Waals surface area contributed by atoms with Crippen molar-refractivity contribution >= 4 is 5.97 Å². The molecule has 0 amide bonds. The molecule has 0 spiro atoms. The van der Waals surface area contributed by atoms with Gasteiger partial charge in [0.15, 0.2) is 0 Å². The van der Waals surface area contributed by atoms with E-state index in [-0.39, 0.29) is 0 Å². The van der Waals surface area contributed by atoms with Crippen LogP contribution in [0.1, 0.15) is 13.3 Å². The summed E-state index contributed by atoms with van der Waals surface area (Å²) in [6.07, 6.45) is 6.76. The minimum atomic E-state index is -1.21. The van der Waals surface area contributed by atoms with E-state index >= 15 is 0 Å². The van der Waals surface area contributed by atoms with Gasteiger partial charge in [-0.2, -0.15) is 0 Å². The average Bonchev–Trinajstić information content (AvgIpc) is 2.05. The van der Waals surface area contributed by atoms with Gasteiger partial charge >= 0.3 is 5.97 Å². The molecule has 1 rings (SSSR count). The number of aliphatic carboxylic acids is 1. The van der Waals surface area contributed by atoms with E-state index in [0.29, 0.717) is 6.42 Å². The number of carboxylic acid groups (broad SMARTS) is 1. The highest BCUT2D eigenvalue weighted by Gasteiger charge is 2.37. The minimum Gasteiger partial charge on any atom is -0.481 e. The molecule has 2 unspecified atom stereocenters. The summed E-state index contributed by atoms with van der Waals surface area (Å²) in [5, 5.41) is 18.6. The van der Waals surface area contributed by atoms with E-state index in [2.05, 4.69) is 0 Å². The zero-order valence-electron chi connectivity index (χ0n) is 6.90. The van der Waals surface area contributed by atoms with Crippen LogP contribution < -0.4 is 0 Å². The molecule has 3 heteroatoms. The first-order chi connectivity index (χ1) is 5.60. The largest absolute Gasteiger partial charge is 0.481 e. The summed E-state index contributed by atoms with van der Waals surface area (Å²) >= 11 is 0. The fourth-order valence-electron chi connectivity index (χ4n) is 1.30. The maximum atomic E-state index is 10.7. The number of carboxylic acids is 1. The van der Waals surface area contributed by atoms with Crippen molar-refractivity contribution in [3.8, 4) is 0 Å². The Morgan fingerprint density at radius 1 is 1.58 bits per heavy atom. The van der Waals surface area contributed by atoms with Crippen molar-refractivity contribution in [1.82, 2.24) is 0 Å². The highest BCUT2D eigenvalue weighted by molar-refractivity contribution is 5.75. The Balaban J connectivity index is 2.92. The van der Waals surface area contributed by atoms with Crippen LogP contribution in [0.5, 0.6) is 0 Å². The first kappa shape index (κ1) is 9.00. The molecule has 0 radical (unpaired) electrons. The molecule has 1 aliphatic rings. The van der Waals surface area contributed by atoms with E-state index in [1.165, 1.54) is 12.2 Å². The molecule has 0 saturated heterocycles. The van der Waals surface area contributed by atoms with Gasteiger partial charge < -0.3 is 10.2 Å². The normalized spacial score (nSPS) is 33.7. The lowest BCUT2D eigenvalue weighted by molar-refractivity contribution is -0.146. The molecule has 3 nitrogen and oxygen atoms in total. The van der Waals surface area contributed by atoms with Gasteiger partial charge in [-0.25, -0.2) is 0 Å². The molecule has 0 saturated carbocycles. The van der Waals surface area contributed by atoms with Crippen LogP contribution in [0.2, 0.25) is 0 Å². The lowest BCUT2D eigenvalue weighted by Gasteiger charge is -2.29. The topological polar surface area (TPSA) is 57.5 Å². The summed E-state index contributed by atoms with van der Waals surface area (Å²) in [5.41, 5.74) is -1.21. The molecule has 0 aromatic carbocycles. The van der Waals surface area contributed by atoms with Gasteiger partial charge in [-0.1, -0.05) is 31.2 Å². The Morgan fingerprint density at radius 3 is 2.67 bits per heavy atom. The van der Waals surface area contributed by atoms with Crippen molar-refractivity contribution < 1.29 is 15.0 Å². The zero-order valence-corrected chi connectivity index (χ0v) is 6.90. The average molecular weight is 168 g/mol. The summed E-state index contributed by atoms with van der Waals surface area (Å²) in [4.78, 5) is 10.7. The molecule has 0 heterocycles. The SMILES string of the molecule is CCC1(O)C=CC=CC1C(=O)O. The van der Waals surface area contributed by atoms with Gasteiger partial charge in [-0.05, 0) is 6.42 Å². The van der Waals surface area contributed by atoms with Crippen molar-refractivity contribution in [2.45, 2.75) is 18.9 Å². The van der Waals surface area contributed by atoms with E-state index in [0.717, 1.165) is 0 Å². The summed E-state index contributed by atoms with van der Waals surface area (Å²) in [6.45, 7) is 1.76. The van der Waals surface area contributed by atoms with Crippen LogP contribution in [0.15, 0.2) is 24.3 Å². The second-order valence-corrected chi connectivity index (χ2v) is 2.90. The fourth-order valence-corrected chi connectivity index (χ4v) is 1.30. The fraction of sp³-hybridized carbons (Fsp3) is 0.444. The number of aliphatic hydroxyl groups is 1. The van der Waals surface area contributed by atoms with E-state index in [4.69, 9.17) is 5.11 Å². The van der Waals surface area contributed by atoms with Crippen LogP contribution in [-0.2, 0) is 4.79 Å². The third-order valence-corrected chi connectivity index (χ3v) is 2.17. The standard InChI is InChI=1S/C9H12O3/c1-2-9(12)6-4-3-5-7(9)8(10)11/h3-7,12H,2H2,1H3,(H,10,11). The molecule has 0 aliphatic heterocycles. The summed E-state index contributed by atoms with van der Waals surface area (Å²) in [6, 6.07) is 0. The van der Waals surface area contributed by atoms with Crippen LogP contribution in [0.4, 0.5) is 0 Å². The first-order valence-corrected chi connectivity index (χ1v) is 3.91. The minimum absolute atomic E-state index is 0.408. The summed E-state index contributed by atoms with van der Waals surface area (Å²) < 4.78 is 0. The molecular formula is C9H12O3. The predicted molar refractivity (Wildman–Crippen MR) is 44.6 cm³/mol. The lowest BCUT2D eigenvalue weighted by Crippen LogP contribution is -2.40. The van der Waals surface area contributed by atoms with Gasteiger partial charge in [0.2, 0.25) is 0 Å². The van der Waals surface area contributed by atoms with Crippen LogP contribution >= 0.6 is 0 Å². The van der Waals surface area contributed by atoms with Crippen molar-refractivity contribution in [3.05, 3.63) is 24.3 Å². The van der Waals surface area contributed by atoms with Crippen molar-refractivity contribution in [2.24, 2.45) is 5.92 Å². The maximum Gasteiger partial charge on any atom is 0.313 e. The predicted octanol–water partition coefficient (Wildman–Crippen LogP) is 0.954. The Labute approximate surface area is 71.0 Å². The number of allylic oxidation sites excluding steroid dienone is 2. The van der Waals surface area contributed by atoms with Crippen molar-refractivity contribution in [1.29, 1.82) is 0 Å². The van der Waals surface area contributed by atoms with Crippen molar-refractivity contribution in [2.75, 3.05) is 0 Å². The number of hydrogen-bond donors (Lipinski definition) is 2. The second-order valence-electron chi connectivity index (χ2n) is 2.90. The van der Waals surface area contributed by atoms with Gasteiger partial charge in [0.25, 0.3) is 0 Å². The maximum absolute atomic E-state index is 10.7. The lowest BCUT2D eigenvalue weighted by atomic mass is 9.82. The monoisotopic (exact) mass is 168 g/mol. The van der Waals surface area contributed by atoms with Gasteiger partial charge in [-0.3, -0.25) is 4.79 Å². The highest BCUT2D eigenvalue weighted by atomic mass is 16.4.